The number of thioether (sulfide) groups is 1. The highest BCUT2D eigenvalue weighted by molar-refractivity contribution is 8.03. The third kappa shape index (κ3) is 2.11. The number of carbonyl (C=O) groups is 1. The SMILES string of the molecule is CSC1=C(C#N)C(=O)N=S(C)(C)=N1. The van der Waals surface area contributed by atoms with Gasteiger partial charge in [-0.05, 0) is 15.9 Å². The van der Waals surface area contributed by atoms with Crippen LogP contribution in [0.1, 0.15) is 0 Å². The van der Waals surface area contributed by atoms with Gasteiger partial charge in [-0.3, -0.25) is 4.79 Å². The molecule has 6 heteroatoms. The molecule has 1 rings (SSSR count). The van der Waals surface area contributed by atoms with Crippen molar-refractivity contribution in [3.8, 4) is 6.07 Å². The molecule has 70 valence electrons. The maximum Gasteiger partial charge on any atom is 0.297 e. The van der Waals surface area contributed by atoms with Crippen LogP contribution in [0.2, 0.25) is 0 Å². The molecule has 1 heterocycles. The summed E-state index contributed by atoms with van der Waals surface area (Å²) in [6, 6.07) is 1.83. The van der Waals surface area contributed by atoms with Crippen molar-refractivity contribution in [1.29, 1.82) is 5.26 Å². The van der Waals surface area contributed by atoms with E-state index in [2.05, 4.69) is 8.73 Å². The minimum Gasteiger partial charge on any atom is -0.265 e. The first-order chi connectivity index (χ1) is 6.00. The minimum atomic E-state index is -1.57. The van der Waals surface area contributed by atoms with Gasteiger partial charge in [0, 0.05) is 12.5 Å². The Morgan fingerprint density at radius 3 is 2.54 bits per heavy atom. The molecule has 0 aromatic carbocycles. The number of amides is 1. The van der Waals surface area contributed by atoms with Crippen molar-refractivity contribution >= 4 is 27.3 Å². The molecule has 0 unspecified atom stereocenters. The van der Waals surface area contributed by atoms with Gasteiger partial charge in [0.15, 0.2) is 5.57 Å². The van der Waals surface area contributed by atoms with Crippen molar-refractivity contribution in [1.82, 2.24) is 0 Å². The third-order valence-corrected chi connectivity index (χ3v) is 3.39. The van der Waals surface area contributed by atoms with E-state index in [1.807, 2.05) is 18.6 Å². The van der Waals surface area contributed by atoms with Gasteiger partial charge in [0.2, 0.25) is 0 Å². The fraction of sp³-hybridized carbons (Fsp3) is 0.429. The highest BCUT2D eigenvalue weighted by Crippen LogP contribution is 2.24. The van der Waals surface area contributed by atoms with E-state index in [-0.39, 0.29) is 5.57 Å². The molecule has 0 saturated heterocycles. The predicted molar refractivity (Wildman–Crippen MR) is 55.2 cm³/mol. The van der Waals surface area contributed by atoms with E-state index in [4.69, 9.17) is 5.26 Å². The molecule has 0 aliphatic carbocycles. The minimum absolute atomic E-state index is 0.0688. The lowest BCUT2D eigenvalue weighted by Gasteiger charge is -2.10. The summed E-state index contributed by atoms with van der Waals surface area (Å²) in [6.07, 6.45) is 5.43. The van der Waals surface area contributed by atoms with E-state index in [9.17, 15) is 4.79 Å². The van der Waals surface area contributed by atoms with Crippen molar-refractivity contribution < 1.29 is 4.79 Å². The zero-order valence-electron chi connectivity index (χ0n) is 7.57. The van der Waals surface area contributed by atoms with Gasteiger partial charge in [-0.1, -0.05) is 0 Å². The molecule has 1 aliphatic heterocycles. The van der Waals surface area contributed by atoms with Crippen molar-refractivity contribution in [2.24, 2.45) is 8.73 Å². The van der Waals surface area contributed by atoms with Crippen LogP contribution in [0.5, 0.6) is 0 Å². The number of rotatable bonds is 1. The molecule has 0 radical (unpaired) electrons. The zero-order chi connectivity index (χ0) is 10.1. The van der Waals surface area contributed by atoms with Crippen LogP contribution in [0.15, 0.2) is 19.3 Å². The topological polar surface area (TPSA) is 65.6 Å². The first kappa shape index (κ1) is 10.3. The van der Waals surface area contributed by atoms with Gasteiger partial charge in [0.05, 0.1) is 0 Å². The summed E-state index contributed by atoms with van der Waals surface area (Å²) in [6.45, 7) is 0. The number of carbonyl (C=O) groups excluding carboxylic acids is 1. The van der Waals surface area contributed by atoms with Gasteiger partial charge in [0.25, 0.3) is 5.91 Å². The molecule has 1 amide bonds. The Morgan fingerprint density at radius 2 is 2.08 bits per heavy atom. The molecule has 0 N–H and O–H groups in total. The quantitative estimate of drug-likeness (QED) is 0.664. The molecule has 1 aliphatic rings. The molecule has 0 atom stereocenters. The lowest BCUT2D eigenvalue weighted by Crippen LogP contribution is -2.09. The van der Waals surface area contributed by atoms with Crippen LogP contribution in [-0.4, -0.2) is 24.7 Å². The van der Waals surface area contributed by atoms with Crippen molar-refractivity contribution in [3.63, 3.8) is 0 Å². The van der Waals surface area contributed by atoms with E-state index in [0.29, 0.717) is 5.03 Å². The van der Waals surface area contributed by atoms with Crippen LogP contribution < -0.4 is 0 Å². The largest absolute Gasteiger partial charge is 0.297 e. The fourth-order valence-electron chi connectivity index (χ4n) is 0.844. The number of hydrogen-bond acceptors (Lipinski definition) is 4. The maximum absolute atomic E-state index is 11.3. The monoisotopic (exact) mass is 215 g/mol. The van der Waals surface area contributed by atoms with E-state index >= 15 is 0 Å². The highest BCUT2D eigenvalue weighted by Gasteiger charge is 2.19. The maximum atomic E-state index is 11.3. The molecule has 0 aromatic rings. The van der Waals surface area contributed by atoms with Crippen LogP contribution in [0.25, 0.3) is 0 Å². The third-order valence-electron chi connectivity index (χ3n) is 1.35. The molecular formula is C7H9N3OS2. The van der Waals surface area contributed by atoms with E-state index in [1.165, 1.54) is 11.8 Å². The first-order valence-electron chi connectivity index (χ1n) is 3.42. The molecule has 0 fully saturated rings. The van der Waals surface area contributed by atoms with Gasteiger partial charge < -0.3 is 0 Å². The van der Waals surface area contributed by atoms with Crippen LogP contribution in [0.3, 0.4) is 0 Å². The number of hydrogen-bond donors (Lipinski definition) is 0. The Morgan fingerprint density at radius 1 is 1.46 bits per heavy atom. The summed E-state index contributed by atoms with van der Waals surface area (Å²) >= 11 is 1.31. The van der Waals surface area contributed by atoms with E-state index in [0.717, 1.165) is 0 Å². The predicted octanol–water partition coefficient (Wildman–Crippen LogP) is 1.41. The Kier molecular flexibility index (Phi) is 2.78. The highest BCUT2D eigenvalue weighted by atomic mass is 32.2. The summed E-state index contributed by atoms with van der Waals surface area (Å²) in [4.78, 5) is 11.3. The summed E-state index contributed by atoms with van der Waals surface area (Å²) in [5.41, 5.74) is 0.0688. The van der Waals surface area contributed by atoms with Crippen molar-refractivity contribution in [2.75, 3.05) is 18.8 Å². The molecule has 0 saturated carbocycles. The Bertz CT molecular complexity index is 439. The Balaban J connectivity index is 3.44. The second-order valence-corrected chi connectivity index (χ2v) is 6.30. The lowest BCUT2D eigenvalue weighted by molar-refractivity contribution is -0.113. The number of nitriles is 1. The van der Waals surface area contributed by atoms with Crippen LogP contribution in [-0.2, 0) is 14.4 Å². The summed E-state index contributed by atoms with van der Waals surface area (Å²) in [5.74, 6) is -0.429. The standard InChI is InChI=1S/C7H9N3OS2/c1-12-7-5(4-8)6(11)9-13(2,3)10-7/h1-3H3. The second-order valence-electron chi connectivity index (χ2n) is 2.70. The van der Waals surface area contributed by atoms with E-state index in [1.54, 1.807) is 6.26 Å². The zero-order valence-corrected chi connectivity index (χ0v) is 9.20. The number of nitrogens with zero attached hydrogens (tertiary/aromatic N) is 3. The van der Waals surface area contributed by atoms with Crippen molar-refractivity contribution in [3.05, 3.63) is 10.6 Å². The molecular weight excluding hydrogens is 206 g/mol. The second kappa shape index (κ2) is 3.52. The molecule has 0 aromatic heterocycles. The van der Waals surface area contributed by atoms with Crippen LogP contribution in [0.4, 0.5) is 0 Å². The van der Waals surface area contributed by atoms with Gasteiger partial charge in [0.1, 0.15) is 11.1 Å². The summed E-state index contributed by atoms with van der Waals surface area (Å²) < 4.78 is 8.10. The average molecular weight is 215 g/mol. The molecule has 13 heavy (non-hydrogen) atoms. The van der Waals surface area contributed by atoms with Gasteiger partial charge in [-0.15, -0.1) is 11.8 Å². The summed E-state index contributed by atoms with van der Waals surface area (Å²) in [5, 5.41) is 9.20. The fourth-order valence-corrected chi connectivity index (χ4v) is 3.06. The lowest BCUT2D eigenvalue weighted by atomic mass is 10.3. The molecule has 4 nitrogen and oxygen atoms in total. The molecule has 0 bridgehead atoms. The van der Waals surface area contributed by atoms with Gasteiger partial charge >= 0.3 is 0 Å². The first-order valence-corrected chi connectivity index (χ1v) is 7.01. The Hall–Kier alpha value is -0.800. The van der Waals surface area contributed by atoms with Crippen LogP contribution >= 0.6 is 11.8 Å². The van der Waals surface area contributed by atoms with Gasteiger partial charge in [-0.2, -0.15) is 9.62 Å². The smallest absolute Gasteiger partial charge is 0.265 e. The van der Waals surface area contributed by atoms with Crippen LogP contribution in [0, 0.1) is 11.3 Å². The summed E-state index contributed by atoms with van der Waals surface area (Å²) in [7, 11) is -1.57. The average Bonchev–Trinajstić information content (AvgIpc) is 2.01. The van der Waals surface area contributed by atoms with Gasteiger partial charge in [-0.25, -0.2) is 4.36 Å². The van der Waals surface area contributed by atoms with Crippen molar-refractivity contribution in [2.45, 2.75) is 0 Å². The normalized spacial score (nSPS) is 20.3. The Labute approximate surface area is 81.8 Å². The van der Waals surface area contributed by atoms with E-state index < -0.39 is 15.5 Å². The molecule has 0 spiro atoms.